The molecular formula is C14H19F3N2. The summed E-state index contributed by atoms with van der Waals surface area (Å²) in [5.74, 6) is 0. The molecular weight excluding hydrogens is 253 g/mol. The minimum absolute atomic E-state index is 0.495. The van der Waals surface area contributed by atoms with Gasteiger partial charge >= 0.3 is 6.18 Å². The van der Waals surface area contributed by atoms with E-state index in [0.29, 0.717) is 11.6 Å². The molecule has 0 saturated carbocycles. The van der Waals surface area contributed by atoms with Gasteiger partial charge in [0.15, 0.2) is 0 Å². The Bertz CT molecular complexity index is 443. The minimum atomic E-state index is -4.26. The molecule has 1 aromatic carbocycles. The summed E-state index contributed by atoms with van der Waals surface area (Å²) in [5.41, 5.74) is 1.12. The normalized spacial score (nSPS) is 21.0. The smallest absolute Gasteiger partial charge is 0.316 e. The van der Waals surface area contributed by atoms with Crippen LogP contribution in [0.3, 0.4) is 0 Å². The van der Waals surface area contributed by atoms with Gasteiger partial charge < -0.3 is 5.32 Å². The van der Waals surface area contributed by atoms with E-state index in [-0.39, 0.29) is 0 Å². The zero-order chi connectivity index (χ0) is 14.0. The summed E-state index contributed by atoms with van der Waals surface area (Å²) in [7, 11) is 1.94. The van der Waals surface area contributed by atoms with Crippen molar-refractivity contribution in [1.82, 2.24) is 10.2 Å². The molecule has 1 aliphatic rings. The van der Waals surface area contributed by atoms with E-state index in [1.54, 1.807) is 13.0 Å². The monoisotopic (exact) mass is 272 g/mol. The van der Waals surface area contributed by atoms with Crippen LogP contribution in [0.5, 0.6) is 0 Å². The number of nitrogens with zero attached hydrogens (tertiary/aromatic N) is 1. The second-order valence-electron chi connectivity index (χ2n) is 5.15. The van der Waals surface area contributed by atoms with Crippen molar-refractivity contribution >= 4 is 0 Å². The predicted octanol–water partition coefficient (Wildman–Crippen LogP) is 2.81. The average molecular weight is 272 g/mol. The zero-order valence-electron chi connectivity index (χ0n) is 11.2. The molecule has 19 heavy (non-hydrogen) atoms. The van der Waals surface area contributed by atoms with Gasteiger partial charge in [-0.25, -0.2) is 0 Å². The first kappa shape index (κ1) is 14.3. The lowest BCUT2D eigenvalue weighted by molar-refractivity contribution is -0.137. The number of likely N-dealkylation sites (N-methyl/N-ethyl adjacent to an activating group) is 1. The lowest BCUT2D eigenvalue weighted by Gasteiger charge is -2.18. The third kappa shape index (κ3) is 3.48. The molecule has 2 nitrogen and oxygen atoms in total. The van der Waals surface area contributed by atoms with Crippen molar-refractivity contribution in [2.75, 3.05) is 20.1 Å². The summed E-state index contributed by atoms with van der Waals surface area (Å²) >= 11 is 0. The summed E-state index contributed by atoms with van der Waals surface area (Å²) in [6, 6.07) is 4.51. The van der Waals surface area contributed by atoms with Crippen LogP contribution in [0.4, 0.5) is 13.2 Å². The minimum Gasteiger partial charge on any atom is -0.316 e. The van der Waals surface area contributed by atoms with Crippen LogP contribution in [0.2, 0.25) is 0 Å². The molecule has 1 fully saturated rings. The van der Waals surface area contributed by atoms with Crippen LogP contribution in [0.15, 0.2) is 18.2 Å². The van der Waals surface area contributed by atoms with Gasteiger partial charge in [-0.1, -0.05) is 6.07 Å². The molecule has 0 bridgehead atoms. The predicted molar refractivity (Wildman–Crippen MR) is 68.9 cm³/mol. The van der Waals surface area contributed by atoms with Gasteiger partial charge in [0.1, 0.15) is 0 Å². The summed E-state index contributed by atoms with van der Waals surface area (Å²) in [5, 5.41) is 3.23. The highest BCUT2D eigenvalue weighted by Gasteiger charge is 2.30. The molecule has 1 N–H and O–H groups in total. The Morgan fingerprint density at radius 2 is 2.11 bits per heavy atom. The van der Waals surface area contributed by atoms with Gasteiger partial charge in [0.05, 0.1) is 5.56 Å². The molecule has 0 aliphatic carbocycles. The van der Waals surface area contributed by atoms with Crippen LogP contribution in [0.25, 0.3) is 0 Å². The Hall–Kier alpha value is -1.07. The van der Waals surface area contributed by atoms with Crippen molar-refractivity contribution in [1.29, 1.82) is 0 Å². The second kappa shape index (κ2) is 5.51. The lowest BCUT2D eigenvalue weighted by atomic mass is 10.0. The van der Waals surface area contributed by atoms with Crippen molar-refractivity contribution in [3.63, 3.8) is 0 Å². The highest BCUT2D eigenvalue weighted by molar-refractivity contribution is 5.32. The van der Waals surface area contributed by atoms with Crippen molar-refractivity contribution < 1.29 is 13.2 Å². The van der Waals surface area contributed by atoms with Crippen molar-refractivity contribution in [3.05, 3.63) is 34.9 Å². The Morgan fingerprint density at radius 3 is 2.63 bits per heavy atom. The number of aryl methyl sites for hydroxylation is 1. The van der Waals surface area contributed by atoms with Gasteiger partial charge in [-0.2, -0.15) is 13.2 Å². The third-order valence-electron chi connectivity index (χ3n) is 3.74. The molecule has 1 aromatic rings. The Morgan fingerprint density at radius 1 is 1.37 bits per heavy atom. The number of hydrogen-bond donors (Lipinski definition) is 1. The lowest BCUT2D eigenvalue weighted by Crippen LogP contribution is -2.29. The molecule has 1 aliphatic heterocycles. The number of nitrogens with one attached hydrogen (secondary N) is 1. The standard InChI is InChI=1S/C14H19F3N2/c1-10-7-12(14(15,16)17)4-3-11(10)8-19-6-5-13(9-19)18-2/h3-4,7,13,18H,5-6,8-9H2,1-2H3. The SMILES string of the molecule is CNC1CCN(Cc2ccc(C(F)(F)F)cc2C)C1. The Labute approximate surface area is 111 Å². The van der Waals surface area contributed by atoms with Crippen LogP contribution in [-0.4, -0.2) is 31.1 Å². The van der Waals surface area contributed by atoms with Gasteiger partial charge in [-0.3, -0.25) is 4.90 Å². The zero-order valence-corrected chi connectivity index (χ0v) is 11.2. The maximum absolute atomic E-state index is 12.6. The highest BCUT2D eigenvalue weighted by Crippen LogP contribution is 2.30. The molecule has 5 heteroatoms. The largest absolute Gasteiger partial charge is 0.416 e. The average Bonchev–Trinajstić information content (AvgIpc) is 2.78. The van der Waals surface area contributed by atoms with E-state index < -0.39 is 11.7 Å². The third-order valence-corrected chi connectivity index (χ3v) is 3.74. The van der Waals surface area contributed by atoms with Gasteiger partial charge in [0, 0.05) is 25.7 Å². The molecule has 1 saturated heterocycles. The van der Waals surface area contributed by atoms with Crippen molar-refractivity contribution in [3.8, 4) is 0 Å². The van der Waals surface area contributed by atoms with Crippen molar-refractivity contribution in [2.24, 2.45) is 0 Å². The van der Waals surface area contributed by atoms with E-state index in [4.69, 9.17) is 0 Å². The summed E-state index contributed by atoms with van der Waals surface area (Å²) in [6.45, 7) is 4.42. The first-order valence-electron chi connectivity index (χ1n) is 6.46. The summed E-state index contributed by atoms with van der Waals surface area (Å²) in [4.78, 5) is 2.27. The first-order valence-corrected chi connectivity index (χ1v) is 6.46. The molecule has 0 spiro atoms. The molecule has 1 heterocycles. The number of halogens is 3. The fraction of sp³-hybridized carbons (Fsp3) is 0.571. The van der Waals surface area contributed by atoms with E-state index in [1.807, 2.05) is 7.05 Å². The Kier molecular flexibility index (Phi) is 4.16. The molecule has 0 aromatic heterocycles. The summed E-state index contributed by atoms with van der Waals surface area (Å²) in [6.07, 6.45) is -3.16. The first-order chi connectivity index (χ1) is 8.90. The van der Waals surface area contributed by atoms with Crippen LogP contribution >= 0.6 is 0 Å². The fourth-order valence-corrected chi connectivity index (χ4v) is 2.50. The maximum atomic E-state index is 12.6. The number of benzene rings is 1. The molecule has 106 valence electrons. The Balaban J connectivity index is 2.06. The van der Waals surface area contributed by atoms with Gasteiger partial charge in [-0.15, -0.1) is 0 Å². The summed E-state index contributed by atoms with van der Waals surface area (Å²) < 4.78 is 37.7. The quantitative estimate of drug-likeness (QED) is 0.910. The van der Waals surface area contributed by atoms with Crippen molar-refractivity contribution in [2.45, 2.75) is 32.1 Å². The molecule has 0 amide bonds. The number of likely N-dealkylation sites (tertiary alicyclic amines) is 1. The van der Waals surface area contributed by atoms with Crippen LogP contribution in [0.1, 0.15) is 23.1 Å². The van der Waals surface area contributed by atoms with Gasteiger partial charge in [0.25, 0.3) is 0 Å². The maximum Gasteiger partial charge on any atom is 0.416 e. The highest BCUT2D eigenvalue weighted by atomic mass is 19.4. The fourth-order valence-electron chi connectivity index (χ4n) is 2.50. The number of rotatable bonds is 3. The van der Waals surface area contributed by atoms with E-state index in [1.165, 1.54) is 12.1 Å². The molecule has 2 rings (SSSR count). The number of alkyl halides is 3. The van der Waals surface area contributed by atoms with E-state index in [2.05, 4.69) is 10.2 Å². The van der Waals surface area contributed by atoms with Crippen LogP contribution in [0, 0.1) is 6.92 Å². The van der Waals surface area contributed by atoms with Gasteiger partial charge in [0.2, 0.25) is 0 Å². The molecule has 1 unspecified atom stereocenters. The second-order valence-corrected chi connectivity index (χ2v) is 5.15. The number of hydrogen-bond acceptors (Lipinski definition) is 2. The van der Waals surface area contributed by atoms with Crippen LogP contribution in [-0.2, 0) is 12.7 Å². The van der Waals surface area contributed by atoms with E-state index in [0.717, 1.165) is 31.6 Å². The molecule has 0 radical (unpaired) electrons. The topological polar surface area (TPSA) is 15.3 Å². The van der Waals surface area contributed by atoms with E-state index in [9.17, 15) is 13.2 Å². The molecule has 1 atom stereocenters. The van der Waals surface area contributed by atoms with Crippen LogP contribution < -0.4 is 5.32 Å². The van der Waals surface area contributed by atoms with Gasteiger partial charge in [-0.05, 0) is 43.7 Å². The van der Waals surface area contributed by atoms with E-state index >= 15 is 0 Å².